The fourth-order valence-electron chi connectivity index (χ4n) is 4.77. The van der Waals surface area contributed by atoms with Crippen LogP contribution >= 0.6 is 0 Å². The Hall–Kier alpha value is -1.31. The Morgan fingerprint density at radius 3 is 2.25 bits per heavy atom. The highest BCUT2D eigenvalue weighted by Crippen LogP contribution is 2.53. The van der Waals surface area contributed by atoms with Gasteiger partial charge >= 0.3 is 0 Å². The zero-order chi connectivity index (χ0) is 14.2. The summed E-state index contributed by atoms with van der Waals surface area (Å²) in [5.74, 6) is 2.38. The van der Waals surface area contributed by atoms with E-state index in [1.165, 1.54) is 12.8 Å². The lowest BCUT2D eigenvalue weighted by Crippen LogP contribution is -2.47. The van der Waals surface area contributed by atoms with E-state index in [1.807, 2.05) is 30.3 Å². The first kappa shape index (κ1) is 13.7. The van der Waals surface area contributed by atoms with E-state index in [4.69, 9.17) is 0 Å². The molecule has 1 aromatic rings. The van der Waals surface area contributed by atoms with Crippen LogP contribution < -0.4 is 5.32 Å². The Kier molecular flexibility index (Phi) is 3.57. The van der Waals surface area contributed by atoms with Crippen LogP contribution in [0.3, 0.4) is 0 Å². The van der Waals surface area contributed by atoms with Gasteiger partial charge < -0.3 is 5.32 Å². The second-order valence-electron chi connectivity index (χ2n) is 7.26. The highest BCUT2D eigenvalue weighted by Gasteiger charge is 2.48. The van der Waals surface area contributed by atoms with Crippen molar-refractivity contribution >= 4 is 11.6 Å². The number of benzene rings is 1. The van der Waals surface area contributed by atoms with Gasteiger partial charge in [0.15, 0.2) is 0 Å². The number of amides is 1. The Balaban J connectivity index is 1.80. The Morgan fingerprint density at radius 2 is 1.65 bits per heavy atom. The molecule has 0 aliphatic heterocycles. The number of rotatable bonds is 2. The molecule has 2 nitrogen and oxygen atoms in total. The highest BCUT2D eigenvalue weighted by atomic mass is 16.2. The fraction of sp³-hybridized carbons (Fsp3) is 0.611. The number of nitrogens with one attached hydrogen (secondary N) is 1. The van der Waals surface area contributed by atoms with E-state index in [1.54, 1.807) is 0 Å². The minimum absolute atomic E-state index is 0.115. The van der Waals surface area contributed by atoms with Gasteiger partial charge in [-0.15, -0.1) is 0 Å². The first-order valence-corrected chi connectivity index (χ1v) is 7.94. The molecular weight excluding hydrogens is 246 g/mol. The molecule has 2 aliphatic carbocycles. The maximum absolute atomic E-state index is 12.9. The zero-order valence-corrected chi connectivity index (χ0v) is 12.6. The van der Waals surface area contributed by atoms with Gasteiger partial charge in [-0.2, -0.15) is 0 Å². The molecule has 0 spiro atoms. The van der Waals surface area contributed by atoms with Gasteiger partial charge in [0.1, 0.15) is 0 Å². The molecule has 1 N–H and O–H groups in total. The number of anilines is 1. The molecule has 1 amide bonds. The third-order valence-corrected chi connectivity index (χ3v) is 5.14. The summed E-state index contributed by atoms with van der Waals surface area (Å²) in [7, 11) is 0. The molecule has 2 bridgehead atoms. The summed E-state index contributed by atoms with van der Waals surface area (Å²) >= 11 is 0. The predicted molar refractivity (Wildman–Crippen MR) is 82.4 cm³/mol. The van der Waals surface area contributed by atoms with E-state index < -0.39 is 0 Å². The summed E-state index contributed by atoms with van der Waals surface area (Å²) < 4.78 is 0. The topological polar surface area (TPSA) is 29.1 Å². The van der Waals surface area contributed by atoms with Crippen LogP contribution in [-0.4, -0.2) is 5.91 Å². The van der Waals surface area contributed by atoms with Crippen molar-refractivity contribution in [1.29, 1.82) is 0 Å². The van der Waals surface area contributed by atoms with Crippen molar-refractivity contribution in [2.45, 2.75) is 46.0 Å². The molecular formula is C18H25NO. The first-order valence-electron chi connectivity index (χ1n) is 7.94. The average molecular weight is 271 g/mol. The molecule has 0 aromatic heterocycles. The molecule has 0 radical (unpaired) electrons. The minimum Gasteiger partial charge on any atom is -0.326 e. The van der Waals surface area contributed by atoms with Crippen molar-refractivity contribution in [3.05, 3.63) is 30.3 Å². The van der Waals surface area contributed by atoms with E-state index in [0.717, 1.165) is 30.9 Å². The fourth-order valence-corrected chi connectivity index (χ4v) is 4.77. The number of carbonyl (C=O) groups excluding carboxylic acids is 1. The molecule has 20 heavy (non-hydrogen) atoms. The van der Waals surface area contributed by atoms with Gasteiger partial charge in [-0.05, 0) is 62.0 Å². The third-order valence-electron chi connectivity index (χ3n) is 5.14. The Morgan fingerprint density at radius 1 is 1.05 bits per heavy atom. The summed E-state index contributed by atoms with van der Waals surface area (Å²) in [6, 6.07) is 9.89. The molecule has 3 rings (SSSR count). The number of hydrogen-bond donors (Lipinski definition) is 1. The summed E-state index contributed by atoms with van der Waals surface area (Å²) in [6.45, 7) is 4.62. The lowest BCUT2D eigenvalue weighted by atomic mass is 9.56. The van der Waals surface area contributed by atoms with Gasteiger partial charge in [0.2, 0.25) is 5.91 Å². The largest absolute Gasteiger partial charge is 0.326 e. The second-order valence-corrected chi connectivity index (χ2v) is 7.26. The lowest BCUT2D eigenvalue weighted by Gasteiger charge is -2.48. The third kappa shape index (κ3) is 2.61. The van der Waals surface area contributed by atoms with Crippen LogP contribution in [0.5, 0.6) is 0 Å². The van der Waals surface area contributed by atoms with E-state index in [9.17, 15) is 4.79 Å². The Labute approximate surface area is 122 Å². The van der Waals surface area contributed by atoms with Gasteiger partial charge in [0.25, 0.3) is 0 Å². The molecule has 0 heterocycles. The van der Waals surface area contributed by atoms with Gasteiger partial charge in [0, 0.05) is 5.69 Å². The van der Waals surface area contributed by atoms with Crippen molar-refractivity contribution in [1.82, 2.24) is 0 Å². The van der Waals surface area contributed by atoms with Crippen molar-refractivity contribution in [3.63, 3.8) is 0 Å². The van der Waals surface area contributed by atoms with Crippen molar-refractivity contribution in [2.24, 2.45) is 23.2 Å². The van der Waals surface area contributed by atoms with Gasteiger partial charge in [-0.3, -0.25) is 4.79 Å². The summed E-state index contributed by atoms with van der Waals surface area (Å²) in [6.07, 6.45) is 5.84. The quantitative estimate of drug-likeness (QED) is 0.844. The summed E-state index contributed by atoms with van der Waals surface area (Å²) in [4.78, 5) is 12.9. The molecule has 1 aromatic carbocycles. The van der Waals surface area contributed by atoms with Crippen LogP contribution in [0.1, 0.15) is 46.0 Å². The molecule has 2 heteroatoms. The maximum atomic E-state index is 12.9. The molecule has 2 atom stereocenters. The highest BCUT2D eigenvalue weighted by molar-refractivity contribution is 5.95. The summed E-state index contributed by atoms with van der Waals surface area (Å²) in [5.41, 5.74) is 0.815. The minimum atomic E-state index is -0.115. The Bertz CT molecular complexity index is 462. The molecule has 2 aliphatic rings. The standard InChI is InChI=1S/C18H25NO/c1-13-8-15-9-14(2)11-18(10-13,12-15)17(20)19-16-6-4-3-5-7-16/h3-7,13-15H,8-12H2,1-2H3,(H,19,20). The normalized spacial score (nSPS) is 36.4. The van der Waals surface area contributed by atoms with Crippen molar-refractivity contribution in [2.75, 3.05) is 5.32 Å². The van der Waals surface area contributed by atoms with Crippen molar-refractivity contribution < 1.29 is 4.79 Å². The van der Waals surface area contributed by atoms with Crippen LogP contribution in [0.2, 0.25) is 0 Å². The smallest absolute Gasteiger partial charge is 0.230 e. The number of hydrogen-bond acceptors (Lipinski definition) is 1. The van der Waals surface area contributed by atoms with Crippen LogP contribution in [0.25, 0.3) is 0 Å². The van der Waals surface area contributed by atoms with Gasteiger partial charge in [-0.25, -0.2) is 0 Å². The van der Waals surface area contributed by atoms with Crippen LogP contribution in [-0.2, 0) is 4.79 Å². The van der Waals surface area contributed by atoms with Gasteiger partial charge in [-0.1, -0.05) is 32.0 Å². The zero-order valence-electron chi connectivity index (χ0n) is 12.6. The van der Waals surface area contributed by atoms with Crippen LogP contribution in [0.4, 0.5) is 5.69 Å². The van der Waals surface area contributed by atoms with Crippen molar-refractivity contribution in [3.8, 4) is 0 Å². The first-order chi connectivity index (χ1) is 9.57. The molecule has 2 fully saturated rings. The SMILES string of the molecule is CC1CC2CC(C)CC(C(=O)Nc3ccccc3)(C1)C2. The lowest BCUT2D eigenvalue weighted by molar-refractivity contribution is -0.133. The maximum Gasteiger partial charge on any atom is 0.230 e. The average Bonchev–Trinajstić information content (AvgIpc) is 2.38. The van der Waals surface area contributed by atoms with Crippen LogP contribution in [0, 0.1) is 23.2 Å². The van der Waals surface area contributed by atoms with E-state index in [0.29, 0.717) is 11.8 Å². The number of carbonyl (C=O) groups is 1. The van der Waals surface area contributed by atoms with E-state index in [2.05, 4.69) is 19.2 Å². The number of fused-ring (bicyclic) bond motifs is 2. The van der Waals surface area contributed by atoms with E-state index in [-0.39, 0.29) is 11.3 Å². The van der Waals surface area contributed by atoms with E-state index >= 15 is 0 Å². The predicted octanol–water partition coefficient (Wildman–Crippen LogP) is 4.48. The summed E-state index contributed by atoms with van der Waals surface area (Å²) in [5, 5.41) is 3.16. The van der Waals surface area contributed by atoms with Crippen LogP contribution in [0.15, 0.2) is 30.3 Å². The second kappa shape index (κ2) is 5.23. The monoisotopic (exact) mass is 271 g/mol. The van der Waals surface area contributed by atoms with Gasteiger partial charge in [0.05, 0.1) is 5.41 Å². The molecule has 0 saturated heterocycles. The number of para-hydroxylation sites is 1. The molecule has 108 valence electrons. The molecule has 2 saturated carbocycles. The molecule has 2 unspecified atom stereocenters.